The number of ether oxygens (including phenoxy) is 1. The lowest BCUT2D eigenvalue weighted by Crippen LogP contribution is -2.12. The molecule has 1 aliphatic heterocycles. The topological polar surface area (TPSA) is 36.9 Å². The summed E-state index contributed by atoms with van der Waals surface area (Å²) in [7, 11) is 0. The van der Waals surface area contributed by atoms with Crippen LogP contribution in [-0.2, 0) is 6.61 Å². The van der Waals surface area contributed by atoms with Crippen LogP contribution in [-0.4, -0.2) is 18.7 Å². The van der Waals surface area contributed by atoms with E-state index in [1.54, 1.807) is 0 Å². The maximum absolute atomic E-state index is 6.08. The van der Waals surface area contributed by atoms with Crippen molar-refractivity contribution in [3.63, 3.8) is 0 Å². The van der Waals surface area contributed by atoms with Crippen molar-refractivity contribution in [3.05, 3.63) is 163 Å². The monoisotopic (exact) mass is 628 g/mol. The molecule has 0 radical (unpaired) electrons. The van der Waals surface area contributed by atoms with E-state index in [-0.39, 0.29) is 0 Å². The minimum atomic E-state index is 0.531. The van der Waals surface area contributed by atoms with Crippen LogP contribution in [0.3, 0.4) is 0 Å². The Bertz CT molecular complexity index is 2940. The van der Waals surface area contributed by atoms with E-state index in [9.17, 15) is 0 Å². The van der Waals surface area contributed by atoms with Gasteiger partial charge in [0, 0.05) is 38.5 Å². The number of para-hydroxylation sites is 4. The van der Waals surface area contributed by atoms with Crippen molar-refractivity contribution < 1.29 is 4.74 Å². The van der Waals surface area contributed by atoms with E-state index >= 15 is 0 Å². The Labute approximate surface area is 281 Å². The van der Waals surface area contributed by atoms with Gasteiger partial charge in [0.25, 0.3) is 0 Å². The second-order valence-electron chi connectivity index (χ2n) is 12.8. The first kappa shape index (κ1) is 26.5. The molecule has 5 heteroatoms. The molecule has 7 aromatic carbocycles. The molecule has 0 bridgehead atoms. The highest BCUT2D eigenvalue weighted by Crippen LogP contribution is 2.39. The number of rotatable bonds is 3. The quantitative estimate of drug-likeness (QED) is 0.195. The van der Waals surface area contributed by atoms with Crippen molar-refractivity contribution >= 4 is 54.6 Å². The zero-order valence-electron chi connectivity index (χ0n) is 26.4. The van der Waals surface area contributed by atoms with Gasteiger partial charge in [-0.1, -0.05) is 84.9 Å². The number of imidazole rings is 1. The molecule has 0 aliphatic carbocycles. The third-order valence-corrected chi connectivity index (χ3v) is 10.1. The molecule has 0 N–H and O–H groups in total. The van der Waals surface area contributed by atoms with Crippen LogP contribution in [0.2, 0.25) is 0 Å². The Kier molecular flexibility index (Phi) is 5.38. The summed E-state index contributed by atoms with van der Waals surface area (Å²) >= 11 is 0. The van der Waals surface area contributed by atoms with Crippen molar-refractivity contribution in [2.75, 3.05) is 0 Å². The van der Waals surface area contributed by atoms with Crippen LogP contribution in [0.15, 0.2) is 158 Å². The Morgan fingerprint density at radius 2 is 1.02 bits per heavy atom. The second-order valence-corrected chi connectivity index (χ2v) is 12.8. The molecule has 49 heavy (non-hydrogen) atoms. The molecule has 1 aliphatic rings. The van der Waals surface area contributed by atoms with Crippen molar-refractivity contribution in [2.45, 2.75) is 6.61 Å². The highest BCUT2D eigenvalue weighted by Gasteiger charge is 2.22. The molecule has 0 saturated heterocycles. The fraction of sp³-hybridized carbons (Fsp3) is 0.0227. The minimum absolute atomic E-state index is 0.531. The van der Waals surface area contributed by atoms with Gasteiger partial charge in [-0.2, -0.15) is 4.98 Å². The Morgan fingerprint density at radius 1 is 0.429 bits per heavy atom. The maximum Gasteiger partial charge on any atom is 0.302 e. The number of hydrogen-bond acceptors (Lipinski definition) is 2. The van der Waals surface area contributed by atoms with E-state index in [2.05, 4.69) is 171 Å². The van der Waals surface area contributed by atoms with Gasteiger partial charge in [0.1, 0.15) is 6.61 Å². The SMILES string of the molecule is c1ccc(-n2c3ccccc3c3cc(-c4ccc5c(c4)c4ccccc4n5-c4ccc5nc6n(c5c4)-c4ccccc4CO6)ccc32)cc1. The largest absolute Gasteiger partial charge is 0.459 e. The predicted octanol–water partition coefficient (Wildman–Crippen LogP) is 10.8. The van der Waals surface area contributed by atoms with Crippen molar-refractivity contribution in [1.82, 2.24) is 18.7 Å². The van der Waals surface area contributed by atoms with E-state index in [1.165, 1.54) is 60.4 Å². The van der Waals surface area contributed by atoms with E-state index < -0.39 is 0 Å². The van der Waals surface area contributed by atoms with Crippen LogP contribution in [0.25, 0.3) is 82.8 Å². The van der Waals surface area contributed by atoms with Crippen molar-refractivity contribution in [1.29, 1.82) is 0 Å². The summed E-state index contributed by atoms with van der Waals surface area (Å²) in [6.07, 6.45) is 0. The molecule has 0 unspecified atom stereocenters. The molecule has 3 aromatic heterocycles. The van der Waals surface area contributed by atoms with Gasteiger partial charge in [0.05, 0.1) is 38.8 Å². The van der Waals surface area contributed by atoms with Crippen LogP contribution in [0.1, 0.15) is 5.56 Å². The van der Waals surface area contributed by atoms with Crippen LogP contribution >= 0.6 is 0 Å². The summed E-state index contributed by atoms with van der Waals surface area (Å²) in [5.74, 6) is 0. The second kappa shape index (κ2) is 9.96. The molecular formula is C44H28N4O. The molecule has 4 heterocycles. The zero-order valence-corrected chi connectivity index (χ0v) is 26.4. The number of benzene rings is 7. The lowest BCUT2D eigenvalue weighted by atomic mass is 10.0. The molecule has 5 nitrogen and oxygen atoms in total. The summed E-state index contributed by atoms with van der Waals surface area (Å²) in [5, 5.41) is 4.96. The Balaban J connectivity index is 1.10. The molecule has 10 aromatic rings. The molecular weight excluding hydrogens is 601 g/mol. The van der Waals surface area contributed by atoms with Crippen LogP contribution in [0.4, 0.5) is 0 Å². The van der Waals surface area contributed by atoms with E-state index in [0.717, 1.165) is 28.0 Å². The standard InChI is InChI=1S/C44H28N4O/c1-2-11-31(12-3-1)46-39-16-8-5-13-33(39)35-24-28(18-22-41(35)46)29-19-23-42-36(25-29)34-14-6-9-17-40(34)47(42)32-20-21-37-43(26-32)48-38-15-7-4-10-30(38)27-49-44(48)45-37/h1-26H,27H2. The van der Waals surface area contributed by atoms with E-state index in [4.69, 9.17) is 9.72 Å². The van der Waals surface area contributed by atoms with Gasteiger partial charge < -0.3 is 13.9 Å². The molecule has 11 rings (SSSR count). The average molecular weight is 629 g/mol. The van der Waals surface area contributed by atoms with Gasteiger partial charge in [-0.05, 0) is 83.9 Å². The first-order valence-electron chi connectivity index (χ1n) is 16.7. The fourth-order valence-corrected chi connectivity index (χ4v) is 7.94. The van der Waals surface area contributed by atoms with Gasteiger partial charge in [-0.25, -0.2) is 0 Å². The highest BCUT2D eigenvalue weighted by molar-refractivity contribution is 6.12. The van der Waals surface area contributed by atoms with E-state index in [0.29, 0.717) is 12.6 Å². The third kappa shape index (κ3) is 3.78. The molecule has 0 fully saturated rings. The number of nitrogens with zero attached hydrogens (tertiary/aromatic N) is 4. The Morgan fingerprint density at radius 3 is 1.73 bits per heavy atom. The van der Waals surface area contributed by atoms with Gasteiger partial charge in [0.2, 0.25) is 0 Å². The zero-order chi connectivity index (χ0) is 32.1. The first-order valence-corrected chi connectivity index (χ1v) is 16.7. The lowest BCUT2D eigenvalue weighted by Gasteiger charge is -2.19. The van der Waals surface area contributed by atoms with Crippen molar-refractivity contribution in [2.24, 2.45) is 0 Å². The average Bonchev–Trinajstić information content (AvgIpc) is 3.82. The summed E-state index contributed by atoms with van der Waals surface area (Å²) in [5.41, 5.74) is 13.7. The van der Waals surface area contributed by atoms with Gasteiger partial charge in [-0.3, -0.25) is 4.57 Å². The molecule has 0 amide bonds. The fourth-order valence-electron chi connectivity index (χ4n) is 7.94. The predicted molar refractivity (Wildman–Crippen MR) is 200 cm³/mol. The summed E-state index contributed by atoms with van der Waals surface area (Å²) < 4.78 is 13.0. The highest BCUT2D eigenvalue weighted by atomic mass is 16.5. The molecule has 0 saturated carbocycles. The lowest BCUT2D eigenvalue weighted by molar-refractivity contribution is 0.265. The smallest absolute Gasteiger partial charge is 0.302 e. The number of hydrogen-bond donors (Lipinski definition) is 0. The minimum Gasteiger partial charge on any atom is -0.459 e. The number of fused-ring (bicyclic) bond motifs is 11. The summed E-state index contributed by atoms with van der Waals surface area (Å²) in [6, 6.07) is 57.4. The van der Waals surface area contributed by atoms with Gasteiger partial charge in [-0.15, -0.1) is 0 Å². The van der Waals surface area contributed by atoms with Crippen LogP contribution in [0.5, 0.6) is 6.01 Å². The van der Waals surface area contributed by atoms with E-state index in [1.807, 2.05) is 0 Å². The van der Waals surface area contributed by atoms with Gasteiger partial charge in [0.15, 0.2) is 0 Å². The van der Waals surface area contributed by atoms with Crippen LogP contribution < -0.4 is 4.74 Å². The summed E-state index contributed by atoms with van der Waals surface area (Å²) in [6.45, 7) is 0.531. The molecule has 0 atom stereocenters. The maximum atomic E-state index is 6.08. The number of aromatic nitrogens is 4. The normalized spacial score (nSPS) is 12.6. The van der Waals surface area contributed by atoms with Gasteiger partial charge >= 0.3 is 6.01 Å². The summed E-state index contributed by atoms with van der Waals surface area (Å²) in [4.78, 5) is 4.83. The third-order valence-electron chi connectivity index (χ3n) is 10.1. The van der Waals surface area contributed by atoms with Crippen LogP contribution in [0, 0.1) is 0 Å². The molecule has 0 spiro atoms. The molecule has 230 valence electrons. The Hall–Kier alpha value is -6.59. The first-order chi connectivity index (χ1) is 24.3. The van der Waals surface area contributed by atoms with Crippen molar-refractivity contribution in [3.8, 4) is 34.2 Å².